The first-order chi connectivity index (χ1) is 13.7. The highest BCUT2D eigenvalue weighted by Crippen LogP contribution is 2.33. The van der Waals surface area contributed by atoms with Gasteiger partial charge in [-0.1, -0.05) is 17.7 Å². The van der Waals surface area contributed by atoms with Crippen LogP contribution in [-0.2, 0) is 14.3 Å². The summed E-state index contributed by atoms with van der Waals surface area (Å²) in [5.74, 6) is -0.961. The van der Waals surface area contributed by atoms with Crippen molar-refractivity contribution in [2.45, 2.75) is 27.7 Å². The largest absolute Gasteiger partial charge is 0.462 e. The number of nitrogens with one attached hydrogen (secondary N) is 2. The van der Waals surface area contributed by atoms with Crippen molar-refractivity contribution in [2.24, 2.45) is 0 Å². The first kappa shape index (κ1) is 22.6. The minimum Gasteiger partial charge on any atom is -0.462 e. The van der Waals surface area contributed by atoms with Crippen molar-refractivity contribution in [3.63, 3.8) is 0 Å². The number of benzene rings is 1. The van der Waals surface area contributed by atoms with E-state index in [0.717, 1.165) is 16.0 Å². The van der Waals surface area contributed by atoms with Gasteiger partial charge in [0, 0.05) is 10.6 Å². The second-order valence-electron chi connectivity index (χ2n) is 6.84. The summed E-state index contributed by atoms with van der Waals surface area (Å²) < 4.78 is 5.10. The van der Waals surface area contributed by atoms with Crippen LogP contribution in [0, 0.1) is 20.8 Å². The van der Waals surface area contributed by atoms with E-state index >= 15 is 0 Å². The average Bonchev–Trinajstić information content (AvgIpc) is 2.90. The Kier molecular flexibility index (Phi) is 7.92. The van der Waals surface area contributed by atoms with Gasteiger partial charge >= 0.3 is 5.97 Å². The van der Waals surface area contributed by atoms with Gasteiger partial charge in [-0.25, -0.2) is 4.79 Å². The van der Waals surface area contributed by atoms with Gasteiger partial charge in [0.15, 0.2) is 0 Å². The van der Waals surface area contributed by atoms with E-state index in [4.69, 9.17) is 4.74 Å². The van der Waals surface area contributed by atoms with Gasteiger partial charge in [0.25, 0.3) is 0 Å². The summed E-state index contributed by atoms with van der Waals surface area (Å²) in [6.45, 7) is 7.77. The lowest BCUT2D eigenvalue weighted by molar-refractivity contribution is -0.119. The summed E-state index contributed by atoms with van der Waals surface area (Å²) in [4.78, 5) is 39.4. The third-order valence-electron chi connectivity index (χ3n) is 4.28. The molecule has 0 saturated carbocycles. The number of anilines is 2. The molecule has 0 fully saturated rings. The van der Waals surface area contributed by atoms with E-state index in [-0.39, 0.29) is 31.5 Å². The quantitative estimate of drug-likeness (QED) is 0.643. The van der Waals surface area contributed by atoms with E-state index < -0.39 is 5.97 Å². The molecule has 2 rings (SSSR count). The van der Waals surface area contributed by atoms with Crippen LogP contribution in [0.1, 0.15) is 33.3 Å². The third-order valence-corrected chi connectivity index (χ3v) is 5.40. The van der Waals surface area contributed by atoms with E-state index in [9.17, 15) is 14.4 Å². The molecule has 7 nitrogen and oxygen atoms in total. The van der Waals surface area contributed by atoms with Crippen molar-refractivity contribution >= 4 is 39.8 Å². The van der Waals surface area contributed by atoms with Gasteiger partial charge in [0.1, 0.15) is 5.00 Å². The highest BCUT2D eigenvalue weighted by molar-refractivity contribution is 7.16. The molecule has 1 aromatic heterocycles. The minimum absolute atomic E-state index is 0.0135. The number of rotatable bonds is 8. The minimum atomic E-state index is -0.449. The molecule has 0 aliphatic heterocycles. The predicted molar refractivity (Wildman–Crippen MR) is 116 cm³/mol. The van der Waals surface area contributed by atoms with Crippen LogP contribution in [0.5, 0.6) is 0 Å². The van der Waals surface area contributed by atoms with Crippen molar-refractivity contribution in [3.8, 4) is 0 Å². The first-order valence-corrected chi connectivity index (χ1v) is 10.1. The second-order valence-corrected chi connectivity index (χ2v) is 8.07. The molecule has 1 heterocycles. The van der Waals surface area contributed by atoms with Gasteiger partial charge in [-0.15, -0.1) is 11.3 Å². The van der Waals surface area contributed by atoms with Gasteiger partial charge in [0.05, 0.1) is 25.3 Å². The maximum Gasteiger partial charge on any atom is 0.341 e. The van der Waals surface area contributed by atoms with Crippen LogP contribution in [0.25, 0.3) is 0 Å². The summed E-state index contributed by atoms with van der Waals surface area (Å²) in [5.41, 5.74) is 3.01. The molecule has 0 aliphatic carbocycles. The van der Waals surface area contributed by atoms with Gasteiger partial charge in [-0.2, -0.15) is 0 Å². The Labute approximate surface area is 175 Å². The monoisotopic (exact) mass is 417 g/mol. The molecule has 2 amide bonds. The molecule has 0 bridgehead atoms. The van der Waals surface area contributed by atoms with Crippen LogP contribution >= 0.6 is 11.3 Å². The van der Waals surface area contributed by atoms with Crippen molar-refractivity contribution < 1.29 is 19.1 Å². The smallest absolute Gasteiger partial charge is 0.341 e. The molecule has 8 heteroatoms. The lowest BCUT2D eigenvalue weighted by Gasteiger charge is -2.16. The normalized spacial score (nSPS) is 10.7. The SMILES string of the molecule is CCOC(=O)c1c(NC(=O)CN(C)CC(=O)Nc2ccc(C)cc2)sc(C)c1C. The third kappa shape index (κ3) is 6.40. The Morgan fingerprint density at radius 2 is 1.59 bits per heavy atom. The van der Waals surface area contributed by atoms with Crippen LogP contribution in [0.2, 0.25) is 0 Å². The van der Waals surface area contributed by atoms with Crippen LogP contribution in [-0.4, -0.2) is 49.4 Å². The molecule has 2 N–H and O–H groups in total. The van der Waals surface area contributed by atoms with E-state index in [1.807, 2.05) is 45.0 Å². The van der Waals surface area contributed by atoms with Crippen molar-refractivity contribution in [1.29, 1.82) is 0 Å². The van der Waals surface area contributed by atoms with Crippen LogP contribution in [0.15, 0.2) is 24.3 Å². The summed E-state index contributed by atoms with van der Waals surface area (Å²) >= 11 is 1.34. The zero-order valence-corrected chi connectivity index (χ0v) is 18.2. The number of carbonyl (C=O) groups is 3. The Hall–Kier alpha value is -2.71. The number of esters is 1. The molecule has 1 aromatic carbocycles. The zero-order chi connectivity index (χ0) is 21.6. The lowest BCUT2D eigenvalue weighted by Crippen LogP contribution is -2.36. The number of carbonyl (C=O) groups excluding carboxylic acids is 3. The molecule has 0 unspecified atom stereocenters. The molecule has 0 spiro atoms. The Bertz CT molecular complexity index is 890. The van der Waals surface area contributed by atoms with Crippen molar-refractivity contribution in [2.75, 3.05) is 37.4 Å². The Morgan fingerprint density at radius 3 is 2.17 bits per heavy atom. The molecule has 156 valence electrons. The van der Waals surface area contributed by atoms with Gasteiger partial charge in [-0.05, 0) is 52.4 Å². The number of amides is 2. The molecule has 0 atom stereocenters. The fourth-order valence-corrected chi connectivity index (χ4v) is 3.78. The first-order valence-electron chi connectivity index (χ1n) is 9.33. The number of nitrogens with zero attached hydrogens (tertiary/aromatic N) is 1. The Morgan fingerprint density at radius 1 is 1.00 bits per heavy atom. The molecular formula is C21H27N3O4S. The molecule has 0 saturated heterocycles. The molecule has 0 aliphatic rings. The summed E-state index contributed by atoms with van der Waals surface area (Å²) in [5, 5.41) is 6.05. The number of likely N-dealkylation sites (N-methyl/N-ethyl adjacent to an activating group) is 1. The highest BCUT2D eigenvalue weighted by Gasteiger charge is 2.22. The zero-order valence-electron chi connectivity index (χ0n) is 17.4. The average molecular weight is 418 g/mol. The Balaban J connectivity index is 1.93. The van der Waals surface area contributed by atoms with Gasteiger partial charge in [0.2, 0.25) is 11.8 Å². The van der Waals surface area contributed by atoms with E-state index in [0.29, 0.717) is 16.3 Å². The van der Waals surface area contributed by atoms with Crippen LogP contribution in [0.4, 0.5) is 10.7 Å². The molecule has 29 heavy (non-hydrogen) atoms. The van der Waals surface area contributed by atoms with Crippen molar-refractivity contribution in [1.82, 2.24) is 4.90 Å². The number of aryl methyl sites for hydroxylation is 2. The number of hydrogen-bond acceptors (Lipinski definition) is 6. The highest BCUT2D eigenvalue weighted by atomic mass is 32.1. The fourth-order valence-electron chi connectivity index (χ4n) is 2.71. The molecule has 0 radical (unpaired) electrons. The van der Waals surface area contributed by atoms with Gasteiger partial charge in [-0.3, -0.25) is 14.5 Å². The fraction of sp³-hybridized carbons (Fsp3) is 0.381. The number of ether oxygens (including phenoxy) is 1. The lowest BCUT2D eigenvalue weighted by atomic mass is 10.1. The number of thiophene rings is 1. The van der Waals surface area contributed by atoms with E-state index in [2.05, 4.69) is 10.6 Å². The molecular weight excluding hydrogens is 390 g/mol. The van der Waals surface area contributed by atoms with E-state index in [1.165, 1.54) is 11.3 Å². The van der Waals surface area contributed by atoms with E-state index in [1.54, 1.807) is 18.9 Å². The second kappa shape index (κ2) is 10.2. The maximum atomic E-state index is 12.4. The standard InChI is InChI=1S/C21H27N3O4S/c1-6-28-21(27)19-14(3)15(4)29-20(19)23-18(26)12-24(5)11-17(25)22-16-9-7-13(2)8-10-16/h7-10H,6,11-12H2,1-5H3,(H,22,25)(H,23,26). The van der Waals surface area contributed by atoms with Crippen molar-refractivity contribution in [3.05, 3.63) is 45.8 Å². The topological polar surface area (TPSA) is 87.7 Å². The molecule has 2 aromatic rings. The number of hydrogen-bond donors (Lipinski definition) is 2. The summed E-state index contributed by atoms with van der Waals surface area (Å²) in [7, 11) is 1.69. The van der Waals surface area contributed by atoms with Gasteiger partial charge < -0.3 is 15.4 Å². The predicted octanol–water partition coefficient (Wildman–Crippen LogP) is 3.36. The van der Waals surface area contributed by atoms with Crippen LogP contribution in [0.3, 0.4) is 0 Å². The maximum absolute atomic E-state index is 12.4. The summed E-state index contributed by atoms with van der Waals surface area (Å²) in [6, 6.07) is 7.49. The summed E-state index contributed by atoms with van der Waals surface area (Å²) in [6.07, 6.45) is 0. The van der Waals surface area contributed by atoms with Crippen LogP contribution < -0.4 is 10.6 Å².